The van der Waals surface area contributed by atoms with Crippen LogP contribution in [0.1, 0.15) is 35.6 Å². The van der Waals surface area contributed by atoms with E-state index in [1.165, 1.54) is 31.5 Å². The highest BCUT2D eigenvalue weighted by atomic mass is 35.5. The Hall–Kier alpha value is -3.82. The van der Waals surface area contributed by atoms with Crippen LogP contribution in [0.25, 0.3) is 0 Å². The molecular formula is C29H27ClN4O4S. The van der Waals surface area contributed by atoms with Crippen molar-refractivity contribution < 1.29 is 19.1 Å². The first-order valence-electron chi connectivity index (χ1n) is 12.3. The van der Waals surface area contributed by atoms with Crippen molar-refractivity contribution in [2.45, 2.75) is 31.1 Å². The van der Waals surface area contributed by atoms with Gasteiger partial charge >= 0.3 is 0 Å². The molecule has 3 aromatic carbocycles. The van der Waals surface area contributed by atoms with Crippen LogP contribution in [0.15, 0.2) is 76.8 Å². The van der Waals surface area contributed by atoms with Crippen LogP contribution in [0, 0.1) is 6.92 Å². The molecule has 2 aliphatic rings. The fourth-order valence-corrected chi connectivity index (χ4v) is 5.60. The standard InChI is InChI=1S/C29H27ClN4O4S/c1-17-4-6-18(7-5-17)24-15-25(19-8-10-20(30)11-9-19)34(33-24)29-32-28(36)26(39-29)16-27(35)31-21-12-22(37-2)14-23(13-21)38-3/h4-14,25-26H,15-16H2,1-3H3,(H,31,35)/t25-,26+/m1/s1. The number of thioether (sulfide) groups is 1. The highest BCUT2D eigenvalue weighted by molar-refractivity contribution is 8.15. The minimum Gasteiger partial charge on any atom is -0.497 e. The second-order valence-corrected chi connectivity index (χ2v) is 10.8. The number of methoxy groups -OCH3 is 2. The number of benzene rings is 3. The molecule has 0 unspecified atom stereocenters. The third kappa shape index (κ3) is 6.10. The third-order valence-electron chi connectivity index (χ3n) is 6.48. The van der Waals surface area contributed by atoms with Crippen molar-refractivity contribution in [1.29, 1.82) is 0 Å². The molecule has 2 atom stereocenters. The Kier molecular flexibility index (Phi) is 7.90. The highest BCUT2D eigenvalue weighted by Gasteiger charge is 2.39. The number of nitrogens with one attached hydrogen (secondary N) is 1. The Balaban J connectivity index is 1.33. The van der Waals surface area contributed by atoms with Crippen LogP contribution >= 0.6 is 23.4 Å². The first-order chi connectivity index (χ1) is 18.8. The van der Waals surface area contributed by atoms with Gasteiger partial charge in [-0.2, -0.15) is 10.1 Å². The molecule has 10 heteroatoms. The maximum Gasteiger partial charge on any atom is 0.262 e. The second kappa shape index (κ2) is 11.5. The van der Waals surface area contributed by atoms with Crippen LogP contribution in [0.4, 0.5) is 5.69 Å². The summed E-state index contributed by atoms with van der Waals surface area (Å²) in [6, 6.07) is 20.7. The molecule has 8 nitrogen and oxygen atoms in total. The number of aliphatic imine (C=N–C) groups is 1. The van der Waals surface area contributed by atoms with Gasteiger partial charge in [-0.3, -0.25) is 9.59 Å². The second-order valence-electron chi connectivity index (χ2n) is 9.22. The average Bonchev–Trinajstić information content (AvgIpc) is 3.53. The van der Waals surface area contributed by atoms with Crippen molar-refractivity contribution >= 4 is 51.7 Å². The number of amidine groups is 1. The lowest BCUT2D eigenvalue weighted by Crippen LogP contribution is -2.25. The van der Waals surface area contributed by atoms with E-state index in [0.29, 0.717) is 33.8 Å². The molecule has 0 fully saturated rings. The molecule has 0 saturated carbocycles. The lowest BCUT2D eigenvalue weighted by Gasteiger charge is -2.23. The Labute approximate surface area is 236 Å². The summed E-state index contributed by atoms with van der Waals surface area (Å²) in [5, 5.41) is 9.98. The number of aryl methyl sites for hydroxylation is 1. The summed E-state index contributed by atoms with van der Waals surface area (Å²) in [7, 11) is 3.07. The van der Waals surface area contributed by atoms with E-state index >= 15 is 0 Å². The van der Waals surface area contributed by atoms with Gasteiger partial charge in [-0.15, -0.1) is 0 Å². The molecule has 2 amide bonds. The molecule has 200 valence electrons. The fourth-order valence-electron chi connectivity index (χ4n) is 4.42. The third-order valence-corrected chi connectivity index (χ3v) is 7.87. The number of hydrogen-bond acceptors (Lipinski definition) is 7. The fraction of sp³-hybridized carbons (Fsp3) is 0.241. The van der Waals surface area contributed by atoms with Crippen molar-refractivity contribution in [3.63, 3.8) is 0 Å². The number of nitrogens with zero attached hydrogens (tertiary/aromatic N) is 3. The minimum atomic E-state index is -0.656. The monoisotopic (exact) mass is 562 g/mol. The van der Waals surface area contributed by atoms with Crippen molar-refractivity contribution in [2.24, 2.45) is 10.1 Å². The van der Waals surface area contributed by atoms with E-state index in [4.69, 9.17) is 26.2 Å². The van der Waals surface area contributed by atoms with Crippen molar-refractivity contribution in [2.75, 3.05) is 19.5 Å². The van der Waals surface area contributed by atoms with E-state index in [0.717, 1.165) is 16.8 Å². The van der Waals surface area contributed by atoms with Crippen molar-refractivity contribution in [3.05, 3.63) is 88.4 Å². The van der Waals surface area contributed by atoms with E-state index < -0.39 is 5.25 Å². The molecule has 0 saturated heterocycles. The molecule has 0 aromatic heterocycles. The number of hydrogen-bond donors (Lipinski definition) is 1. The maximum atomic E-state index is 12.9. The summed E-state index contributed by atoms with van der Waals surface area (Å²) in [6.07, 6.45) is 0.602. The summed E-state index contributed by atoms with van der Waals surface area (Å²) < 4.78 is 10.5. The number of amides is 2. The lowest BCUT2D eigenvalue weighted by molar-refractivity contribution is -0.121. The van der Waals surface area contributed by atoms with Crippen molar-refractivity contribution in [1.82, 2.24) is 5.01 Å². The van der Waals surface area contributed by atoms with Gasteiger partial charge in [-0.05, 0) is 30.2 Å². The summed E-state index contributed by atoms with van der Waals surface area (Å²) in [4.78, 5) is 30.1. The zero-order valence-electron chi connectivity index (χ0n) is 21.7. The molecule has 0 aliphatic carbocycles. The highest BCUT2D eigenvalue weighted by Crippen LogP contribution is 2.39. The first kappa shape index (κ1) is 26.8. The van der Waals surface area contributed by atoms with Gasteiger partial charge in [-0.25, -0.2) is 5.01 Å². The zero-order chi connectivity index (χ0) is 27.5. The molecule has 39 heavy (non-hydrogen) atoms. The Bertz CT molecular complexity index is 1430. The smallest absolute Gasteiger partial charge is 0.262 e. The van der Waals surface area contributed by atoms with Crippen molar-refractivity contribution in [3.8, 4) is 11.5 Å². The Morgan fingerprint density at radius 2 is 1.72 bits per heavy atom. The van der Waals surface area contributed by atoms with Crippen LogP contribution in [0.3, 0.4) is 0 Å². The van der Waals surface area contributed by atoms with E-state index in [1.807, 2.05) is 43.3 Å². The molecular weight excluding hydrogens is 536 g/mol. The first-order valence-corrected chi connectivity index (χ1v) is 13.6. The predicted molar refractivity (Wildman–Crippen MR) is 155 cm³/mol. The van der Waals surface area contributed by atoms with Gasteiger partial charge in [0, 0.05) is 41.8 Å². The summed E-state index contributed by atoms with van der Waals surface area (Å²) >= 11 is 7.39. The molecule has 0 spiro atoms. The van der Waals surface area contributed by atoms with Gasteiger partial charge in [-0.1, -0.05) is 65.3 Å². The molecule has 3 aromatic rings. The average molecular weight is 563 g/mol. The van der Waals surface area contributed by atoms with E-state index in [-0.39, 0.29) is 24.3 Å². The molecule has 2 aliphatic heterocycles. The number of carbonyl (C=O) groups is 2. The largest absolute Gasteiger partial charge is 0.497 e. The van der Waals surface area contributed by atoms with Gasteiger partial charge in [0.1, 0.15) is 16.7 Å². The van der Waals surface area contributed by atoms with Crippen LogP contribution in [0.5, 0.6) is 11.5 Å². The quantitative estimate of drug-likeness (QED) is 0.389. The van der Waals surface area contributed by atoms with Gasteiger partial charge in [0.25, 0.3) is 5.91 Å². The maximum absolute atomic E-state index is 12.9. The summed E-state index contributed by atoms with van der Waals surface area (Å²) in [5.41, 5.74) is 4.61. The molecule has 5 rings (SSSR count). The molecule has 0 bridgehead atoms. The number of anilines is 1. The summed E-state index contributed by atoms with van der Waals surface area (Å²) in [6.45, 7) is 2.04. The number of hydrazone groups is 1. The van der Waals surface area contributed by atoms with E-state index in [9.17, 15) is 9.59 Å². The van der Waals surface area contributed by atoms with Crippen LogP contribution in [0.2, 0.25) is 5.02 Å². The zero-order valence-corrected chi connectivity index (χ0v) is 23.3. The molecule has 0 radical (unpaired) electrons. The molecule has 1 N–H and O–H groups in total. The SMILES string of the molecule is COc1cc(NC(=O)C[C@@H]2SC(N3N=C(c4ccc(C)cc4)C[C@@H]3c3ccc(Cl)cc3)=NC2=O)cc(OC)c1. The normalized spacial score (nSPS) is 18.6. The Morgan fingerprint density at radius 3 is 2.36 bits per heavy atom. The van der Waals surface area contributed by atoms with Gasteiger partial charge in [0.05, 0.1) is 26.0 Å². The number of ether oxygens (including phenoxy) is 2. The van der Waals surface area contributed by atoms with Gasteiger partial charge < -0.3 is 14.8 Å². The number of carbonyl (C=O) groups excluding carboxylic acids is 2. The van der Waals surface area contributed by atoms with E-state index in [1.54, 1.807) is 23.2 Å². The number of halogens is 1. The van der Waals surface area contributed by atoms with Crippen LogP contribution in [-0.4, -0.2) is 47.2 Å². The van der Waals surface area contributed by atoms with Crippen LogP contribution < -0.4 is 14.8 Å². The Morgan fingerprint density at radius 1 is 1.05 bits per heavy atom. The van der Waals surface area contributed by atoms with E-state index in [2.05, 4.69) is 22.4 Å². The molecule has 2 heterocycles. The predicted octanol–water partition coefficient (Wildman–Crippen LogP) is 5.84. The topological polar surface area (TPSA) is 92.6 Å². The minimum absolute atomic E-state index is 0.0377. The van der Waals surface area contributed by atoms with Gasteiger partial charge in [0.15, 0.2) is 5.17 Å². The summed E-state index contributed by atoms with van der Waals surface area (Å²) in [5.74, 6) is 0.423. The lowest BCUT2D eigenvalue weighted by atomic mass is 9.98. The van der Waals surface area contributed by atoms with Crippen LogP contribution in [-0.2, 0) is 9.59 Å². The number of rotatable bonds is 7. The van der Waals surface area contributed by atoms with Gasteiger partial charge in [0.2, 0.25) is 5.91 Å².